The van der Waals surface area contributed by atoms with E-state index in [2.05, 4.69) is 65.0 Å². The number of ether oxygens (including phenoxy) is 1. The maximum atomic E-state index is 6.14. The lowest BCUT2D eigenvalue weighted by Gasteiger charge is -2.36. The zero-order valence-electron chi connectivity index (χ0n) is 11.9. The van der Waals surface area contributed by atoms with Gasteiger partial charge in [-0.2, -0.15) is 0 Å². The summed E-state index contributed by atoms with van der Waals surface area (Å²) in [5, 5.41) is 0. The normalized spacial score (nSPS) is 15.6. The summed E-state index contributed by atoms with van der Waals surface area (Å²) in [6.45, 7) is 12.0. The molecule has 0 aromatic heterocycles. The number of hydrogen-bond acceptors (Lipinski definition) is 1. The summed E-state index contributed by atoms with van der Waals surface area (Å²) in [4.78, 5) is 0. The molecule has 0 heterocycles. The first kappa shape index (κ1) is 14.2. The maximum Gasteiger partial charge on any atom is 0.0908 e. The van der Waals surface area contributed by atoms with E-state index in [0.29, 0.717) is 0 Å². The van der Waals surface area contributed by atoms with Gasteiger partial charge in [0.1, 0.15) is 0 Å². The summed E-state index contributed by atoms with van der Waals surface area (Å²) in [5.41, 5.74) is 1.37. The van der Waals surface area contributed by atoms with Crippen LogP contribution in [-0.2, 0) is 10.3 Å². The van der Waals surface area contributed by atoms with E-state index in [1.165, 1.54) is 5.56 Å². The minimum atomic E-state index is -0.171. The molecule has 96 valence electrons. The summed E-state index contributed by atoms with van der Waals surface area (Å²) in [6.07, 6.45) is 2.09. The molecule has 0 bridgehead atoms. The van der Waals surface area contributed by atoms with Crippen LogP contribution in [-0.4, -0.2) is 6.61 Å². The third-order valence-electron chi connectivity index (χ3n) is 2.88. The Morgan fingerprint density at radius 1 is 1.00 bits per heavy atom. The van der Waals surface area contributed by atoms with Gasteiger partial charge in [0.2, 0.25) is 0 Å². The Morgan fingerprint density at radius 2 is 1.59 bits per heavy atom. The van der Waals surface area contributed by atoms with Crippen LogP contribution in [0.1, 0.15) is 53.0 Å². The first-order valence-corrected chi connectivity index (χ1v) is 6.57. The van der Waals surface area contributed by atoms with Crippen LogP contribution < -0.4 is 0 Å². The molecular formula is C16H26O. The molecule has 0 aliphatic carbocycles. The molecule has 0 aliphatic rings. The second-order valence-electron chi connectivity index (χ2n) is 6.18. The third kappa shape index (κ3) is 4.51. The van der Waals surface area contributed by atoms with Crippen LogP contribution in [0.5, 0.6) is 0 Å². The second kappa shape index (κ2) is 5.68. The zero-order valence-corrected chi connectivity index (χ0v) is 11.9. The summed E-state index contributed by atoms with van der Waals surface area (Å²) < 4.78 is 6.14. The van der Waals surface area contributed by atoms with Crippen molar-refractivity contribution in [3.8, 4) is 0 Å². The van der Waals surface area contributed by atoms with E-state index in [1.54, 1.807) is 0 Å². The van der Waals surface area contributed by atoms with E-state index in [9.17, 15) is 0 Å². The highest BCUT2D eigenvalue weighted by Gasteiger charge is 2.32. The summed E-state index contributed by atoms with van der Waals surface area (Å²) in [5.74, 6) is 0. The van der Waals surface area contributed by atoms with Gasteiger partial charge in [-0.1, -0.05) is 58.0 Å². The molecule has 1 aromatic rings. The fourth-order valence-corrected chi connectivity index (χ4v) is 2.37. The predicted octanol–water partition coefficient (Wildman–Crippen LogP) is 4.76. The largest absolute Gasteiger partial charge is 0.371 e. The Bertz CT molecular complexity index is 323. The van der Waals surface area contributed by atoms with Gasteiger partial charge in [-0.05, 0) is 30.7 Å². The van der Waals surface area contributed by atoms with Gasteiger partial charge in [-0.3, -0.25) is 0 Å². The van der Waals surface area contributed by atoms with Gasteiger partial charge >= 0.3 is 0 Å². The lowest BCUT2D eigenvalue weighted by Crippen LogP contribution is -2.31. The number of hydrogen-bond donors (Lipinski definition) is 0. The quantitative estimate of drug-likeness (QED) is 0.713. The average molecular weight is 234 g/mol. The molecule has 17 heavy (non-hydrogen) atoms. The molecule has 0 aliphatic heterocycles. The van der Waals surface area contributed by atoms with Crippen molar-refractivity contribution in [1.82, 2.24) is 0 Å². The molecule has 0 saturated heterocycles. The Hall–Kier alpha value is -0.820. The molecule has 0 fully saturated rings. The van der Waals surface area contributed by atoms with Crippen molar-refractivity contribution in [2.24, 2.45) is 5.41 Å². The van der Waals surface area contributed by atoms with Crippen molar-refractivity contribution < 1.29 is 4.74 Å². The molecule has 1 atom stereocenters. The molecule has 1 unspecified atom stereocenters. The van der Waals surface area contributed by atoms with E-state index >= 15 is 0 Å². The Labute approximate surface area is 106 Å². The monoisotopic (exact) mass is 234 g/mol. The van der Waals surface area contributed by atoms with Crippen LogP contribution >= 0.6 is 0 Å². The van der Waals surface area contributed by atoms with Crippen LogP contribution in [0.2, 0.25) is 0 Å². The summed E-state index contributed by atoms with van der Waals surface area (Å²) >= 11 is 0. The van der Waals surface area contributed by atoms with Crippen molar-refractivity contribution in [1.29, 1.82) is 0 Å². The van der Waals surface area contributed by atoms with Crippen molar-refractivity contribution in [2.45, 2.75) is 53.1 Å². The first-order chi connectivity index (χ1) is 7.87. The van der Waals surface area contributed by atoms with Crippen LogP contribution in [0.4, 0.5) is 0 Å². The second-order valence-corrected chi connectivity index (χ2v) is 6.18. The van der Waals surface area contributed by atoms with Gasteiger partial charge in [0.25, 0.3) is 0 Å². The van der Waals surface area contributed by atoms with Crippen LogP contribution in [0.15, 0.2) is 30.3 Å². The van der Waals surface area contributed by atoms with Crippen molar-refractivity contribution in [3.05, 3.63) is 35.9 Å². The van der Waals surface area contributed by atoms with Gasteiger partial charge < -0.3 is 4.74 Å². The molecule has 0 saturated carbocycles. The van der Waals surface area contributed by atoms with Crippen LogP contribution in [0.3, 0.4) is 0 Å². The molecule has 0 radical (unpaired) electrons. The third-order valence-corrected chi connectivity index (χ3v) is 2.88. The highest BCUT2D eigenvalue weighted by molar-refractivity contribution is 5.22. The Balaban J connectivity index is 2.93. The first-order valence-electron chi connectivity index (χ1n) is 6.57. The van der Waals surface area contributed by atoms with Gasteiger partial charge in [-0.25, -0.2) is 0 Å². The average Bonchev–Trinajstić information content (AvgIpc) is 2.25. The van der Waals surface area contributed by atoms with E-state index in [4.69, 9.17) is 4.74 Å². The van der Waals surface area contributed by atoms with E-state index in [-0.39, 0.29) is 11.0 Å². The lowest BCUT2D eigenvalue weighted by molar-refractivity contribution is -0.0620. The smallest absolute Gasteiger partial charge is 0.0908 e. The molecular weight excluding hydrogens is 208 g/mol. The number of rotatable bonds is 5. The topological polar surface area (TPSA) is 9.23 Å². The van der Waals surface area contributed by atoms with Gasteiger partial charge in [-0.15, -0.1) is 0 Å². The minimum absolute atomic E-state index is 0.171. The fraction of sp³-hybridized carbons (Fsp3) is 0.625. The SMILES string of the molecule is CCCOC(C)(CC(C)(C)C)c1ccccc1. The fourth-order valence-electron chi connectivity index (χ4n) is 2.37. The lowest BCUT2D eigenvalue weighted by atomic mass is 9.79. The van der Waals surface area contributed by atoms with Crippen LogP contribution in [0.25, 0.3) is 0 Å². The maximum absolute atomic E-state index is 6.14. The van der Waals surface area contributed by atoms with Crippen LogP contribution in [0, 0.1) is 5.41 Å². The van der Waals surface area contributed by atoms with Gasteiger partial charge in [0.05, 0.1) is 5.60 Å². The van der Waals surface area contributed by atoms with Crippen molar-refractivity contribution >= 4 is 0 Å². The van der Waals surface area contributed by atoms with E-state index in [0.717, 1.165) is 19.4 Å². The molecule has 0 N–H and O–H groups in total. The molecule has 1 nitrogen and oxygen atoms in total. The number of benzene rings is 1. The summed E-state index contributed by atoms with van der Waals surface area (Å²) in [6, 6.07) is 10.6. The minimum Gasteiger partial charge on any atom is -0.371 e. The van der Waals surface area contributed by atoms with Gasteiger partial charge in [0.15, 0.2) is 0 Å². The molecule has 0 amide bonds. The van der Waals surface area contributed by atoms with E-state index in [1.807, 2.05) is 0 Å². The molecule has 1 rings (SSSR count). The standard InChI is InChI=1S/C16H26O/c1-6-12-17-16(5,13-15(2,3)4)14-10-8-7-9-11-14/h7-11H,6,12-13H2,1-5H3. The highest BCUT2D eigenvalue weighted by Crippen LogP contribution is 2.37. The molecule has 1 aromatic carbocycles. The molecule has 0 spiro atoms. The zero-order chi connectivity index (χ0) is 12.9. The summed E-state index contributed by atoms with van der Waals surface area (Å²) in [7, 11) is 0. The molecule has 1 heteroatoms. The van der Waals surface area contributed by atoms with Crippen molar-refractivity contribution in [2.75, 3.05) is 6.61 Å². The Morgan fingerprint density at radius 3 is 2.06 bits per heavy atom. The Kier molecular flexibility index (Phi) is 4.76. The highest BCUT2D eigenvalue weighted by atomic mass is 16.5. The van der Waals surface area contributed by atoms with Gasteiger partial charge in [0, 0.05) is 6.61 Å². The van der Waals surface area contributed by atoms with Crippen molar-refractivity contribution in [3.63, 3.8) is 0 Å². The van der Waals surface area contributed by atoms with E-state index < -0.39 is 0 Å². The predicted molar refractivity (Wildman–Crippen MR) is 74.1 cm³/mol.